The van der Waals surface area contributed by atoms with E-state index in [0.29, 0.717) is 11.4 Å². The number of nitrogens with zero attached hydrogens (tertiary/aromatic N) is 2. The van der Waals surface area contributed by atoms with Crippen LogP contribution in [0, 0.1) is 5.92 Å². The summed E-state index contributed by atoms with van der Waals surface area (Å²) < 4.78 is 1.59. The van der Waals surface area contributed by atoms with Gasteiger partial charge in [0.05, 0.1) is 0 Å². The molecule has 0 unspecified atom stereocenters. The molecule has 1 saturated heterocycles. The molecule has 1 aliphatic rings. The molecular formula is C21H23N3O2. The van der Waals surface area contributed by atoms with Crippen molar-refractivity contribution in [1.82, 2.24) is 14.5 Å². The summed E-state index contributed by atoms with van der Waals surface area (Å²) in [6.45, 7) is 3.92. The molecule has 0 saturated carbocycles. The molecule has 134 valence electrons. The van der Waals surface area contributed by atoms with Gasteiger partial charge in [-0.05, 0) is 42.5 Å². The topological polar surface area (TPSA) is 58.1 Å². The van der Waals surface area contributed by atoms with Gasteiger partial charge in [0.1, 0.15) is 5.52 Å². The predicted octanol–water partition coefficient (Wildman–Crippen LogP) is 3.41. The van der Waals surface area contributed by atoms with Gasteiger partial charge in [0.15, 0.2) is 0 Å². The number of carbonyl (C=O) groups is 1. The number of carbonyl (C=O) groups excluding carboxylic acids is 1. The monoisotopic (exact) mass is 349 g/mol. The fourth-order valence-corrected chi connectivity index (χ4v) is 3.69. The lowest BCUT2D eigenvalue weighted by molar-refractivity contribution is 0.0697. The number of H-pyrrole nitrogens is 1. The smallest absolute Gasteiger partial charge is 0.274 e. The highest BCUT2D eigenvalue weighted by atomic mass is 16.2. The fourth-order valence-electron chi connectivity index (χ4n) is 3.69. The second-order valence-electron chi connectivity index (χ2n) is 7.28. The molecule has 5 nitrogen and oxygen atoms in total. The number of likely N-dealkylation sites (tertiary alicyclic amines) is 1. The Kier molecular flexibility index (Phi) is 4.15. The molecule has 1 fully saturated rings. The molecule has 5 heteroatoms. The molecule has 3 heterocycles. The summed E-state index contributed by atoms with van der Waals surface area (Å²) in [7, 11) is 1.75. The van der Waals surface area contributed by atoms with Crippen LogP contribution in [0.1, 0.15) is 30.1 Å². The number of hydrogen-bond acceptors (Lipinski definition) is 2. The van der Waals surface area contributed by atoms with Crippen molar-refractivity contribution >= 4 is 16.8 Å². The molecule has 0 bridgehead atoms. The molecule has 0 radical (unpaired) electrons. The van der Waals surface area contributed by atoms with Crippen molar-refractivity contribution in [2.45, 2.75) is 19.8 Å². The van der Waals surface area contributed by atoms with Crippen LogP contribution >= 0.6 is 0 Å². The number of piperidine rings is 1. The lowest BCUT2D eigenvalue weighted by Crippen LogP contribution is -2.37. The van der Waals surface area contributed by atoms with Gasteiger partial charge in [-0.2, -0.15) is 0 Å². The Balaban J connectivity index is 1.65. The zero-order valence-corrected chi connectivity index (χ0v) is 15.2. The van der Waals surface area contributed by atoms with Crippen molar-refractivity contribution in [2.75, 3.05) is 13.1 Å². The second kappa shape index (κ2) is 6.48. The number of amides is 1. The molecule has 0 atom stereocenters. The van der Waals surface area contributed by atoms with Gasteiger partial charge in [-0.1, -0.05) is 19.1 Å². The number of aromatic amines is 1. The molecule has 1 N–H and O–H groups in total. The summed E-state index contributed by atoms with van der Waals surface area (Å²) >= 11 is 0. The first-order valence-corrected chi connectivity index (χ1v) is 9.11. The first-order valence-electron chi connectivity index (χ1n) is 9.11. The Morgan fingerprint density at radius 2 is 1.81 bits per heavy atom. The van der Waals surface area contributed by atoms with E-state index in [1.807, 2.05) is 41.4 Å². The Labute approximate surface area is 152 Å². The third-order valence-corrected chi connectivity index (χ3v) is 5.41. The second-order valence-corrected chi connectivity index (χ2v) is 7.28. The van der Waals surface area contributed by atoms with Crippen molar-refractivity contribution in [3.8, 4) is 11.1 Å². The number of nitrogens with one attached hydrogen (secondary N) is 1. The van der Waals surface area contributed by atoms with Crippen LogP contribution in [0.3, 0.4) is 0 Å². The molecule has 0 spiro atoms. The van der Waals surface area contributed by atoms with Gasteiger partial charge in [0.2, 0.25) is 0 Å². The maximum Gasteiger partial charge on any atom is 0.274 e. The number of hydrogen-bond donors (Lipinski definition) is 1. The van der Waals surface area contributed by atoms with E-state index < -0.39 is 0 Å². The molecule has 0 aliphatic carbocycles. The lowest BCUT2D eigenvalue weighted by Gasteiger charge is -2.30. The van der Waals surface area contributed by atoms with Gasteiger partial charge in [0, 0.05) is 49.0 Å². The molecule has 1 aromatic carbocycles. The molecule has 1 amide bonds. The number of fused-ring (bicyclic) bond motifs is 1. The first-order chi connectivity index (χ1) is 12.5. The van der Waals surface area contributed by atoms with Gasteiger partial charge in [-0.15, -0.1) is 0 Å². The zero-order valence-electron chi connectivity index (χ0n) is 15.2. The minimum atomic E-state index is -0.0418. The van der Waals surface area contributed by atoms with Crippen LogP contribution in [0.25, 0.3) is 22.0 Å². The Morgan fingerprint density at radius 3 is 2.50 bits per heavy atom. The molecule has 3 aromatic rings. The SMILES string of the molecule is CC1CCN(C(=O)c2ccc(-c3cn(C)c(=O)c4[nH]ccc34)cc2)CC1. The lowest BCUT2D eigenvalue weighted by atomic mass is 9.98. The maximum atomic E-state index is 12.7. The van der Waals surface area contributed by atoms with E-state index in [9.17, 15) is 9.59 Å². The standard InChI is InChI=1S/C21H23N3O2/c1-14-8-11-24(12-9-14)20(25)16-5-3-15(4-6-16)18-13-23(2)21(26)19-17(18)7-10-22-19/h3-7,10,13-14,22H,8-9,11-12H2,1-2H3. The minimum absolute atomic E-state index is 0.0418. The van der Waals surface area contributed by atoms with Gasteiger partial charge < -0.3 is 14.5 Å². The van der Waals surface area contributed by atoms with Crippen LogP contribution in [0.5, 0.6) is 0 Å². The van der Waals surface area contributed by atoms with Crippen molar-refractivity contribution in [3.05, 3.63) is 58.6 Å². The normalized spacial score (nSPS) is 15.5. The van der Waals surface area contributed by atoms with E-state index in [4.69, 9.17) is 0 Å². The maximum absolute atomic E-state index is 12.7. The van der Waals surface area contributed by atoms with Crippen molar-refractivity contribution in [1.29, 1.82) is 0 Å². The molecule has 26 heavy (non-hydrogen) atoms. The van der Waals surface area contributed by atoms with E-state index in [2.05, 4.69) is 11.9 Å². The molecule has 4 rings (SSSR count). The third-order valence-electron chi connectivity index (χ3n) is 5.41. The largest absolute Gasteiger partial charge is 0.357 e. The third kappa shape index (κ3) is 2.83. The summed E-state index contributed by atoms with van der Waals surface area (Å²) in [5.41, 5.74) is 3.26. The number of benzene rings is 1. The van der Waals surface area contributed by atoms with Crippen LogP contribution in [-0.4, -0.2) is 33.4 Å². The Morgan fingerprint density at radius 1 is 1.12 bits per heavy atom. The summed E-state index contributed by atoms with van der Waals surface area (Å²) in [5, 5.41) is 0.900. The van der Waals surface area contributed by atoms with Crippen LogP contribution in [0.15, 0.2) is 47.5 Å². The summed E-state index contributed by atoms with van der Waals surface area (Å²) in [6, 6.07) is 9.62. The highest BCUT2D eigenvalue weighted by molar-refractivity contribution is 5.97. The number of rotatable bonds is 2. The van der Waals surface area contributed by atoms with Gasteiger partial charge >= 0.3 is 0 Å². The minimum Gasteiger partial charge on any atom is -0.357 e. The van der Waals surface area contributed by atoms with Crippen LogP contribution < -0.4 is 5.56 Å². The van der Waals surface area contributed by atoms with Crippen LogP contribution in [0.2, 0.25) is 0 Å². The van der Waals surface area contributed by atoms with E-state index in [1.54, 1.807) is 17.8 Å². The van der Waals surface area contributed by atoms with E-state index in [0.717, 1.165) is 48.0 Å². The number of aromatic nitrogens is 2. The van der Waals surface area contributed by atoms with Crippen molar-refractivity contribution in [3.63, 3.8) is 0 Å². The molecule has 2 aromatic heterocycles. The fraction of sp³-hybridized carbons (Fsp3) is 0.333. The van der Waals surface area contributed by atoms with Crippen molar-refractivity contribution < 1.29 is 4.79 Å². The van der Waals surface area contributed by atoms with E-state index in [-0.39, 0.29) is 11.5 Å². The van der Waals surface area contributed by atoms with E-state index in [1.165, 1.54) is 0 Å². The average molecular weight is 349 g/mol. The van der Waals surface area contributed by atoms with Gasteiger partial charge in [-0.25, -0.2) is 0 Å². The summed E-state index contributed by atoms with van der Waals surface area (Å²) in [5.74, 6) is 0.811. The van der Waals surface area contributed by atoms with Crippen LogP contribution in [0.4, 0.5) is 0 Å². The quantitative estimate of drug-likeness (QED) is 0.771. The summed E-state index contributed by atoms with van der Waals surface area (Å²) in [6.07, 6.45) is 5.78. The number of pyridine rings is 1. The Bertz CT molecular complexity index is 1010. The predicted molar refractivity (Wildman–Crippen MR) is 103 cm³/mol. The zero-order chi connectivity index (χ0) is 18.3. The van der Waals surface area contributed by atoms with Gasteiger partial charge in [-0.3, -0.25) is 9.59 Å². The highest BCUT2D eigenvalue weighted by Crippen LogP contribution is 2.27. The van der Waals surface area contributed by atoms with Gasteiger partial charge in [0.25, 0.3) is 11.5 Å². The number of aryl methyl sites for hydroxylation is 1. The molecular weight excluding hydrogens is 326 g/mol. The first kappa shape index (κ1) is 16.6. The van der Waals surface area contributed by atoms with Crippen molar-refractivity contribution in [2.24, 2.45) is 13.0 Å². The summed E-state index contributed by atoms with van der Waals surface area (Å²) in [4.78, 5) is 29.9. The van der Waals surface area contributed by atoms with Crippen LogP contribution in [-0.2, 0) is 7.05 Å². The molecule has 1 aliphatic heterocycles. The highest BCUT2D eigenvalue weighted by Gasteiger charge is 2.21. The van der Waals surface area contributed by atoms with E-state index >= 15 is 0 Å². The average Bonchev–Trinajstić information content (AvgIpc) is 3.15. The Hall–Kier alpha value is -2.82.